The van der Waals surface area contributed by atoms with Gasteiger partial charge in [-0.05, 0) is 38.0 Å². The van der Waals surface area contributed by atoms with Crippen LogP contribution < -0.4 is 4.74 Å². The molecule has 0 bridgehead atoms. The van der Waals surface area contributed by atoms with Gasteiger partial charge in [-0.2, -0.15) is 4.98 Å². The smallest absolute Gasteiger partial charge is 0.322 e. The van der Waals surface area contributed by atoms with Gasteiger partial charge in [-0.25, -0.2) is 0 Å². The number of rotatable bonds is 5. The van der Waals surface area contributed by atoms with E-state index in [0.29, 0.717) is 5.16 Å². The second-order valence-corrected chi connectivity index (χ2v) is 11.3. The Morgan fingerprint density at radius 3 is 2.61 bits per heavy atom. The topological polar surface area (TPSA) is 92.3 Å². The van der Waals surface area contributed by atoms with Crippen LogP contribution in [0.25, 0.3) is 11.0 Å². The minimum atomic E-state index is -1.32. The number of aromatic amines is 1. The van der Waals surface area contributed by atoms with Gasteiger partial charge in [0, 0.05) is 41.2 Å². The molecule has 5 rings (SSSR count). The van der Waals surface area contributed by atoms with Crippen molar-refractivity contribution in [2.75, 3.05) is 13.2 Å². The summed E-state index contributed by atoms with van der Waals surface area (Å²) in [6, 6.07) is 9.58. The molecule has 2 aromatic heterocycles. The van der Waals surface area contributed by atoms with E-state index in [1.165, 1.54) is 0 Å². The number of ether oxygens (including phenoxy) is 3. The van der Waals surface area contributed by atoms with Crippen LogP contribution in [0.4, 0.5) is 0 Å². The van der Waals surface area contributed by atoms with E-state index in [9.17, 15) is 4.55 Å². The summed E-state index contributed by atoms with van der Waals surface area (Å²) in [6.45, 7) is 7.77. The van der Waals surface area contributed by atoms with Crippen molar-refractivity contribution in [2.45, 2.75) is 69.3 Å². The molecule has 3 heterocycles. The number of fused-ring (bicyclic) bond motifs is 1. The van der Waals surface area contributed by atoms with Gasteiger partial charge >= 0.3 is 5.16 Å². The molecule has 1 aromatic carbocycles. The molecular weight excluding hydrogens is 438 g/mol. The van der Waals surface area contributed by atoms with Crippen molar-refractivity contribution in [1.29, 1.82) is 0 Å². The highest BCUT2D eigenvalue weighted by Gasteiger charge is 2.43. The molecule has 1 atom stereocenters. The molecule has 0 amide bonds. The predicted octanol–water partition coefficient (Wildman–Crippen LogP) is 4.66. The zero-order valence-electron chi connectivity index (χ0n) is 19.4. The molecular formula is C25H31N3O4S. The summed E-state index contributed by atoms with van der Waals surface area (Å²) in [5, 5.41) is 0.469. The molecule has 33 heavy (non-hydrogen) atoms. The van der Waals surface area contributed by atoms with Gasteiger partial charge in [0.1, 0.15) is 5.75 Å². The van der Waals surface area contributed by atoms with Crippen LogP contribution in [0.2, 0.25) is 0 Å². The van der Waals surface area contributed by atoms with Crippen molar-refractivity contribution >= 4 is 22.2 Å². The maximum Gasteiger partial charge on any atom is 0.322 e. The Morgan fingerprint density at radius 2 is 1.88 bits per heavy atom. The molecule has 7 nitrogen and oxygen atoms in total. The molecule has 2 fully saturated rings. The Morgan fingerprint density at radius 1 is 1.15 bits per heavy atom. The molecule has 1 aliphatic heterocycles. The monoisotopic (exact) mass is 469 g/mol. The Kier molecular flexibility index (Phi) is 6.11. The van der Waals surface area contributed by atoms with Gasteiger partial charge < -0.3 is 18.8 Å². The van der Waals surface area contributed by atoms with Gasteiger partial charge in [-0.1, -0.05) is 26.0 Å². The number of nitrogens with zero attached hydrogens (tertiary/aromatic N) is 2. The van der Waals surface area contributed by atoms with Crippen molar-refractivity contribution in [1.82, 2.24) is 15.0 Å². The van der Waals surface area contributed by atoms with Crippen molar-refractivity contribution in [3.05, 3.63) is 47.8 Å². The van der Waals surface area contributed by atoms with Crippen LogP contribution in [-0.4, -0.2) is 44.6 Å². The SMILES string of the molecule is Cc1c(OC2CCC3(CC2)OCC(C)(C)CO3)ccnc1C[S+]([O-])c1nc2ccccc2[nH]1. The molecule has 1 saturated carbocycles. The van der Waals surface area contributed by atoms with E-state index in [1.807, 2.05) is 37.3 Å². The summed E-state index contributed by atoms with van der Waals surface area (Å²) in [6.07, 6.45) is 5.26. The van der Waals surface area contributed by atoms with Gasteiger partial charge in [0.05, 0.1) is 36.0 Å². The maximum absolute atomic E-state index is 13.0. The number of hydrogen-bond donors (Lipinski definition) is 1. The van der Waals surface area contributed by atoms with Gasteiger partial charge in [-0.3, -0.25) is 9.97 Å². The molecule has 0 radical (unpaired) electrons. The van der Waals surface area contributed by atoms with Crippen LogP contribution in [0, 0.1) is 12.3 Å². The lowest BCUT2D eigenvalue weighted by atomic mass is 9.88. The van der Waals surface area contributed by atoms with E-state index < -0.39 is 17.0 Å². The Labute approximate surface area is 197 Å². The number of hydrogen-bond acceptors (Lipinski definition) is 6. The van der Waals surface area contributed by atoms with Gasteiger partial charge in [0.2, 0.25) is 0 Å². The average molecular weight is 470 g/mol. The van der Waals surface area contributed by atoms with Crippen molar-refractivity contribution in [3.63, 3.8) is 0 Å². The van der Waals surface area contributed by atoms with Crippen LogP contribution >= 0.6 is 0 Å². The highest BCUT2D eigenvalue weighted by molar-refractivity contribution is 7.90. The Balaban J connectivity index is 1.22. The number of imidazole rings is 1. The summed E-state index contributed by atoms with van der Waals surface area (Å²) in [5.74, 6) is 0.639. The summed E-state index contributed by atoms with van der Waals surface area (Å²) in [4.78, 5) is 12.1. The molecule has 3 aromatic rings. The second-order valence-electron chi connectivity index (χ2n) is 9.90. The molecule has 1 N–H and O–H groups in total. The molecule has 1 aliphatic carbocycles. The third-order valence-corrected chi connectivity index (χ3v) is 7.71. The fourth-order valence-corrected chi connectivity index (χ4v) is 5.52. The number of para-hydroxylation sites is 2. The van der Waals surface area contributed by atoms with E-state index in [-0.39, 0.29) is 17.3 Å². The van der Waals surface area contributed by atoms with Crippen LogP contribution in [0.5, 0.6) is 5.75 Å². The van der Waals surface area contributed by atoms with E-state index in [2.05, 4.69) is 28.8 Å². The lowest BCUT2D eigenvalue weighted by Crippen LogP contribution is -2.50. The summed E-state index contributed by atoms with van der Waals surface area (Å²) < 4.78 is 31.6. The zero-order valence-corrected chi connectivity index (χ0v) is 20.2. The molecule has 8 heteroatoms. The highest BCUT2D eigenvalue weighted by Crippen LogP contribution is 2.40. The fraction of sp³-hybridized carbons (Fsp3) is 0.520. The lowest BCUT2D eigenvalue weighted by Gasteiger charge is -2.46. The number of H-pyrrole nitrogens is 1. The molecule has 1 unspecified atom stereocenters. The van der Waals surface area contributed by atoms with Gasteiger partial charge in [-0.15, -0.1) is 0 Å². The number of benzene rings is 1. The van der Waals surface area contributed by atoms with Crippen molar-refractivity contribution in [3.8, 4) is 5.75 Å². The second kappa shape index (κ2) is 8.91. The summed E-state index contributed by atoms with van der Waals surface area (Å²) in [7, 11) is 0. The van der Waals surface area contributed by atoms with E-state index in [4.69, 9.17) is 14.2 Å². The molecule has 1 spiro atoms. The fourth-order valence-electron chi connectivity index (χ4n) is 4.42. The minimum Gasteiger partial charge on any atom is -0.609 e. The Bertz CT molecular complexity index is 1080. The third kappa shape index (κ3) is 4.89. The van der Waals surface area contributed by atoms with Gasteiger partial charge in [0.15, 0.2) is 11.5 Å². The highest BCUT2D eigenvalue weighted by atomic mass is 32.2. The zero-order chi connectivity index (χ0) is 23.1. The van der Waals surface area contributed by atoms with Crippen LogP contribution in [0.1, 0.15) is 50.8 Å². The summed E-state index contributed by atoms with van der Waals surface area (Å²) >= 11 is -1.32. The van der Waals surface area contributed by atoms with Crippen molar-refractivity contribution in [2.24, 2.45) is 5.41 Å². The van der Waals surface area contributed by atoms with Crippen LogP contribution in [-0.2, 0) is 26.4 Å². The first-order chi connectivity index (χ1) is 15.8. The number of aromatic nitrogens is 3. The van der Waals surface area contributed by atoms with Gasteiger partial charge in [0.25, 0.3) is 0 Å². The van der Waals surface area contributed by atoms with E-state index in [1.54, 1.807) is 6.20 Å². The maximum atomic E-state index is 13.0. The summed E-state index contributed by atoms with van der Waals surface area (Å²) in [5.41, 5.74) is 3.46. The Hall–Kier alpha value is -2.13. The van der Waals surface area contributed by atoms with E-state index >= 15 is 0 Å². The first kappa shape index (κ1) is 22.7. The number of nitrogens with one attached hydrogen (secondary N) is 1. The third-order valence-electron chi connectivity index (χ3n) is 6.55. The van der Waals surface area contributed by atoms with E-state index in [0.717, 1.165) is 66.9 Å². The molecule has 2 aliphatic rings. The minimum absolute atomic E-state index is 0.0750. The lowest BCUT2D eigenvalue weighted by molar-refractivity contribution is -0.313. The normalized spacial score (nSPS) is 21.3. The average Bonchev–Trinajstić information content (AvgIpc) is 3.25. The predicted molar refractivity (Wildman–Crippen MR) is 126 cm³/mol. The standard InChI is InChI=1S/C25H31N3O4S/c1-17-21(14-33(29)23-27-19-6-4-5-7-20(19)28-23)26-13-10-22(17)32-18-8-11-25(12-9-18)30-15-24(2,3)16-31-25/h4-7,10,13,18H,8-9,11-12,14-16H2,1-3H3,(H,27,28). The molecule has 1 saturated heterocycles. The first-order valence-electron chi connectivity index (χ1n) is 11.5. The largest absolute Gasteiger partial charge is 0.609 e. The van der Waals surface area contributed by atoms with Crippen LogP contribution in [0.15, 0.2) is 41.7 Å². The van der Waals surface area contributed by atoms with Crippen LogP contribution in [0.3, 0.4) is 0 Å². The molecule has 176 valence electrons. The quantitative estimate of drug-likeness (QED) is 0.546. The first-order valence-corrected chi connectivity index (χ1v) is 12.9. The van der Waals surface area contributed by atoms with Crippen molar-refractivity contribution < 1.29 is 18.8 Å². The number of pyridine rings is 1.